The van der Waals surface area contributed by atoms with Crippen molar-refractivity contribution in [1.82, 2.24) is 5.32 Å². The van der Waals surface area contributed by atoms with Crippen molar-refractivity contribution >= 4 is 21.6 Å². The van der Waals surface area contributed by atoms with Crippen molar-refractivity contribution in [2.45, 2.75) is 31.7 Å². The van der Waals surface area contributed by atoms with Crippen molar-refractivity contribution in [3.05, 3.63) is 89.5 Å². The zero-order chi connectivity index (χ0) is 23.3. The number of benzene rings is 3. The fourth-order valence-electron chi connectivity index (χ4n) is 3.51. The van der Waals surface area contributed by atoms with Crippen LogP contribution in [0.3, 0.4) is 0 Å². The van der Waals surface area contributed by atoms with E-state index < -0.39 is 10.0 Å². The number of nitrogens with one attached hydrogen (secondary N) is 1. The van der Waals surface area contributed by atoms with Gasteiger partial charge in [0, 0.05) is 0 Å². The Hall–Kier alpha value is -3.32. The van der Waals surface area contributed by atoms with Crippen molar-refractivity contribution in [2.75, 3.05) is 18.0 Å². The van der Waals surface area contributed by atoms with Crippen molar-refractivity contribution < 1.29 is 17.9 Å². The summed E-state index contributed by atoms with van der Waals surface area (Å²) in [5, 5.41) is 2.94. The van der Waals surface area contributed by atoms with E-state index in [4.69, 9.17) is 4.74 Å². The van der Waals surface area contributed by atoms with Crippen LogP contribution in [0.25, 0.3) is 0 Å². The molecule has 0 aliphatic rings. The minimum Gasteiger partial charge on any atom is -0.497 e. The maximum Gasteiger partial charge on any atom is 0.264 e. The summed E-state index contributed by atoms with van der Waals surface area (Å²) in [7, 11) is -2.46. The zero-order valence-corrected chi connectivity index (χ0v) is 19.5. The molecule has 0 fully saturated rings. The summed E-state index contributed by atoms with van der Waals surface area (Å²) in [5.74, 6) is 0.162. The molecule has 3 aromatic rings. The SMILES string of the molecule is COc1ccc(S(=O)(=O)N(CC(=O)NC(C)c2cc(C)ccc2C)c2ccccc2)cc1. The molecule has 0 saturated heterocycles. The first-order chi connectivity index (χ1) is 15.2. The maximum atomic E-state index is 13.4. The van der Waals surface area contributed by atoms with Gasteiger partial charge in [-0.05, 0) is 68.3 Å². The summed E-state index contributed by atoms with van der Waals surface area (Å²) in [5.41, 5.74) is 3.58. The van der Waals surface area contributed by atoms with Crippen molar-refractivity contribution in [3.63, 3.8) is 0 Å². The minimum absolute atomic E-state index is 0.0810. The van der Waals surface area contributed by atoms with Gasteiger partial charge in [0.15, 0.2) is 0 Å². The molecule has 6 nitrogen and oxygen atoms in total. The Morgan fingerprint density at radius 1 is 1.00 bits per heavy atom. The van der Waals surface area contributed by atoms with E-state index >= 15 is 0 Å². The molecule has 32 heavy (non-hydrogen) atoms. The largest absolute Gasteiger partial charge is 0.497 e. The van der Waals surface area contributed by atoms with E-state index in [1.165, 1.54) is 19.2 Å². The molecule has 3 aromatic carbocycles. The van der Waals surface area contributed by atoms with Gasteiger partial charge in [-0.15, -0.1) is 0 Å². The van der Waals surface area contributed by atoms with E-state index in [0.29, 0.717) is 11.4 Å². The third-order valence-electron chi connectivity index (χ3n) is 5.26. The highest BCUT2D eigenvalue weighted by Crippen LogP contribution is 2.25. The number of methoxy groups -OCH3 is 1. The lowest BCUT2D eigenvalue weighted by molar-refractivity contribution is -0.120. The zero-order valence-electron chi connectivity index (χ0n) is 18.7. The topological polar surface area (TPSA) is 75.7 Å². The molecular weight excluding hydrogens is 424 g/mol. The first-order valence-corrected chi connectivity index (χ1v) is 11.7. The van der Waals surface area contributed by atoms with E-state index in [2.05, 4.69) is 5.32 Å². The Labute approximate surface area is 189 Å². The molecule has 0 aliphatic carbocycles. The number of carbonyl (C=O) groups is 1. The molecule has 3 rings (SSSR count). The molecule has 1 unspecified atom stereocenters. The molecule has 1 amide bonds. The Bertz CT molecular complexity index is 1180. The number of hydrogen-bond acceptors (Lipinski definition) is 4. The summed E-state index contributed by atoms with van der Waals surface area (Å²) < 4.78 is 33.1. The van der Waals surface area contributed by atoms with Crippen LogP contribution < -0.4 is 14.4 Å². The van der Waals surface area contributed by atoms with Gasteiger partial charge in [0.2, 0.25) is 5.91 Å². The van der Waals surface area contributed by atoms with Crippen LogP contribution in [-0.2, 0) is 14.8 Å². The Morgan fingerprint density at radius 2 is 1.66 bits per heavy atom. The number of amides is 1. The number of hydrogen-bond donors (Lipinski definition) is 1. The monoisotopic (exact) mass is 452 g/mol. The van der Waals surface area contributed by atoms with Crippen LogP contribution in [0.1, 0.15) is 29.7 Å². The number of ether oxygens (including phenoxy) is 1. The van der Waals surface area contributed by atoms with Crippen LogP contribution >= 0.6 is 0 Å². The smallest absolute Gasteiger partial charge is 0.264 e. The number of nitrogens with zero attached hydrogens (tertiary/aromatic N) is 1. The molecule has 168 valence electrons. The van der Waals surface area contributed by atoms with Crippen molar-refractivity contribution in [1.29, 1.82) is 0 Å². The van der Waals surface area contributed by atoms with Crippen LogP contribution in [-0.4, -0.2) is 28.0 Å². The second kappa shape index (κ2) is 9.87. The Kier molecular flexibility index (Phi) is 7.20. The number of anilines is 1. The van der Waals surface area contributed by atoms with Gasteiger partial charge in [-0.1, -0.05) is 42.0 Å². The van der Waals surface area contributed by atoms with Crippen LogP contribution in [0.4, 0.5) is 5.69 Å². The first-order valence-electron chi connectivity index (χ1n) is 10.3. The number of carbonyl (C=O) groups excluding carboxylic acids is 1. The van der Waals surface area contributed by atoms with Gasteiger partial charge < -0.3 is 10.1 Å². The predicted molar refractivity (Wildman–Crippen MR) is 126 cm³/mol. The summed E-state index contributed by atoms with van der Waals surface area (Å²) in [4.78, 5) is 13.0. The van der Waals surface area contributed by atoms with E-state index in [1.807, 2.05) is 39.0 Å². The van der Waals surface area contributed by atoms with E-state index in [9.17, 15) is 13.2 Å². The van der Waals surface area contributed by atoms with E-state index in [0.717, 1.165) is 21.0 Å². The Morgan fingerprint density at radius 3 is 2.28 bits per heavy atom. The molecular formula is C25H28N2O4S. The lowest BCUT2D eigenvalue weighted by Gasteiger charge is -2.25. The maximum absolute atomic E-state index is 13.4. The van der Waals surface area contributed by atoms with Crippen LogP contribution in [0.2, 0.25) is 0 Å². The summed E-state index contributed by atoms with van der Waals surface area (Å²) in [6.07, 6.45) is 0. The number of para-hydroxylation sites is 1. The first kappa shape index (κ1) is 23.3. The van der Waals surface area contributed by atoms with Gasteiger partial charge in [-0.25, -0.2) is 8.42 Å². The standard InChI is InChI=1S/C25H28N2O4S/c1-18-10-11-19(2)24(16-18)20(3)26-25(28)17-27(21-8-6-5-7-9-21)32(29,30)23-14-12-22(31-4)13-15-23/h5-16,20H,17H2,1-4H3,(H,26,28). The lowest BCUT2D eigenvalue weighted by Crippen LogP contribution is -2.41. The summed E-state index contributed by atoms with van der Waals surface area (Å²) >= 11 is 0. The van der Waals surface area contributed by atoms with Gasteiger partial charge in [-0.2, -0.15) is 0 Å². The molecule has 1 N–H and O–H groups in total. The third-order valence-corrected chi connectivity index (χ3v) is 7.05. The number of rotatable bonds is 8. The fraction of sp³-hybridized carbons (Fsp3) is 0.240. The van der Waals surface area contributed by atoms with E-state index in [-0.39, 0.29) is 23.4 Å². The average molecular weight is 453 g/mol. The normalized spacial score (nSPS) is 12.1. The van der Waals surface area contributed by atoms with Gasteiger partial charge in [0.25, 0.3) is 10.0 Å². The molecule has 7 heteroatoms. The molecule has 0 bridgehead atoms. The van der Waals surface area contributed by atoms with Crippen LogP contribution in [0, 0.1) is 13.8 Å². The molecule has 0 saturated carbocycles. The van der Waals surface area contributed by atoms with Gasteiger partial charge >= 0.3 is 0 Å². The van der Waals surface area contributed by atoms with Crippen LogP contribution in [0.5, 0.6) is 5.75 Å². The highest BCUT2D eigenvalue weighted by Gasteiger charge is 2.27. The van der Waals surface area contributed by atoms with Gasteiger partial charge in [0.1, 0.15) is 12.3 Å². The number of aryl methyl sites for hydroxylation is 2. The predicted octanol–water partition coefficient (Wildman–Crippen LogP) is 4.38. The second-order valence-electron chi connectivity index (χ2n) is 7.67. The highest BCUT2D eigenvalue weighted by atomic mass is 32.2. The Balaban J connectivity index is 1.88. The summed E-state index contributed by atoms with van der Waals surface area (Å²) in [6.45, 7) is 5.54. The minimum atomic E-state index is -3.97. The average Bonchev–Trinajstić information content (AvgIpc) is 2.79. The lowest BCUT2D eigenvalue weighted by atomic mass is 10.00. The quantitative estimate of drug-likeness (QED) is 0.550. The molecule has 0 spiro atoms. The fourth-order valence-corrected chi connectivity index (χ4v) is 4.93. The summed E-state index contributed by atoms with van der Waals surface area (Å²) in [6, 6.07) is 20.5. The molecule has 0 heterocycles. The van der Waals surface area contributed by atoms with E-state index in [1.54, 1.807) is 42.5 Å². The third kappa shape index (κ3) is 5.29. The van der Waals surface area contributed by atoms with Gasteiger partial charge in [0.05, 0.1) is 23.7 Å². The molecule has 0 aliphatic heterocycles. The highest BCUT2D eigenvalue weighted by molar-refractivity contribution is 7.92. The second-order valence-corrected chi connectivity index (χ2v) is 9.53. The van der Waals surface area contributed by atoms with Crippen LogP contribution in [0.15, 0.2) is 77.7 Å². The molecule has 0 radical (unpaired) electrons. The molecule has 1 atom stereocenters. The number of sulfonamides is 1. The van der Waals surface area contributed by atoms with Gasteiger partial charge in [-0.3, -0.25) is 9.10 Å². The molecule has 0 aromatic heterocycles. The van der Waals surface area contributed by atoms with Crippen molar-refractivity contribution in [3.8, 4) is 5.75 Å². The van der Waals surface area contributed by atoms with Crippen molar-refractivity contribution in [2.24, 2.45) is 0 Å².